The van der Waals surface area contributed by atoms with Crippen molar-refractivity contribution in [2.75, 3.05) is 6.61 Å². The summed E-state index contributed by atoms with van der Waals surface area (Å²) in [6.45, 7) is 10.3. The van der Waals surface area contributed by atoms with Crippen molar-refractivity contribution in [1.29, 1.82) is 0 Å². The SMILES string of the molecule is CC(CCC(O)CO)O[C@@H]1O[C@@H](C)[C@H](O[Si](c2ccccc2)(c2ccccc2)C(C)(C)C)C[C@H]1OC(=O)c1ccccc1. The van der Waals surface area contributed by atoms with E-state index in [0.717, 1.165) is 10.4 Å². The molecule has 0 aromatic heterocycles. The molecule has 3 aromatic rings. The van der Waals surface area contributed by atoms with Crippen molar-refractivity contribution in [1.82, 2.24) is 0 Å². The zero-order valence-electron chi connectivity index (χ0n) is 25.9. The highest BCUT2D eigenvalue weighted by molar-refractivity contribution is 6.99. The summed E-state index contributed by atoms with van der Waals surface area (Å²) in [6.07, 6.45) is -2.11. The minimum absolute atomic E-state index is 0.235. The summed E-state index contributed by atoms with van der Waals surface area (Å²) in [5, 5.41) is 21.1. The van der Waals surface area contributed by atoms with Crippen molar-refractivity contribution >= 4 is 24.7 Å². The van der Waals surface area contributed by atoms with Crippen LogP contribution in [0.4, 0.5) is 0 Å². The van der Waals surface area contributed by atoms with Gasteiger partial charge in [0, 0.05) is 6.42 Å². The molecule has 0 radical (unpaired) electrons. The van der Waals surface area contributed by atoms with Gasteiger partial charge in [0.15, 0.2) is 12.4 Å². The Morgan fingerprint density at radius 1 is 0.907 bits per heavy atom. The topological polar surface area (TPSA) is 94.5 Å². The monoisotopic (exact) mass is 606 g/mol. The van der Waals surface area contributed by atoms with E-state index in [-0.39, 0.29) is 30.0 Å². The molecule has 8 heteroatoms. The Labute approximate surface area is 256 Å². The zero-order chi connectivity index (χ0) is 31.0. The maximum Gasteiger partial charge on any atom is 0.338 e. The first-order chi connectivity index (χ1) is 20.5. The van der Waals surface area contributed by atoms with Crippen LogP contribution < -0.4 is 10.4 Å². The summed E-state index contributed by atoms with van der Waals surface area (Å²) in [4.78, 5) is 13.2. The van der Waals surface area contributed by atoms with Crippen LogP contribution in [0.25, 0.3) is 0 Å². The van der Waals surface area contributed by atoms with Gasteiger partial charge in [-0.05, 0) is 54.2 Å². The number of carbonyl (C=O) groups is 1. The molecule has 1 aliphatic rings. The van der Waals surface area contributed by atoms with Crippen LogP contribution in [0, 0.1) is 0 Å². The lowest BCUT2D eigenvalue weighted by Crippen LogP contribution is -2.69. The van der Waals surface area contributed by atoms with Crippen LogP contribution in [-0.4, -0.2) is 67.9 Å². The molecular weight excluding hydrogens is 560 g/mol. The smallest absolute Gasteiger partial charge is 0.338 e. The quantitative estimate of drug-likeness (QED) is 0.225. The number of hydrogen-bond donors (Lipinski definition) is 2. The van der Waals surface area contributed by atoms with E-state index in [1.165, 1.54) is 0 Å². The molecule has 2 unspecified atom stereocenters. The van der Waals surface area contributed by atoms with Crippen molar-refractivity contribution in [2.24, 2.45) is 0 Å². The molecule has 0 spiro atoms. The van der Waals surface area contributed by atoms with Gasteiger partial charge in [-0.25, -0.2) is 4.79 Å². The van der Waals surface area contributed by atoms with Gasteiger partial charge in [0.1, 0.15) is 0 Å². The summed E-state index contributed by atoms with van der Waals surface area (Å²) >= 11 is 0. The van der Waals surface area contributed by atoms with Crippen molar-refractivity contribution < 1.29 is 33.6 Å². The lowest BCUT2D eigenvalue weighted by atomic mass is 10.0. The minimum Gasteiger partial charge on any atom is -0.453 e. The van der Waals surface area contributed by atoms with Crippen LogP contribution in [0.3, 0.4) is 0 Å². The normalized spacial score (nSPS) is 22.5. The summed E-state index contributed by atoms with van der Waals surface area (Å²) in [5.74, 6) is -0.454. The number of benzene rings is 3. The van der Waals surface area contributed by atoms with E-state index in [4.69, 9.17) is 18.6 Å². The first-order valence-corrected chi connectivity index (χ1v) is 17.1. The maximum absolute atomic E-state index is 13.2. The van der Waals surface area contributed by atoms with Gasteiger partial charge in [-0.3, -0.25) is 0 Å². The van der Waals surface area contributed by atoms with Crippen molar-refractivity contribution in [2.45, 2.75) is 95.7 Å². The van der Waals surface area contributed by atoms with E-state index in [1.54, 1.807) is 24.3 Å². The summed E-state index contributed by atoms with van der Waals surface area (Å²) in [6, 6.07) is 29.8. The molecule has 3 aromatic carbocycles. The molecule has 4 rings (SSSR count). The molecule has 1 heterocycles. The second-order valence-corrected chi connectivity index (χ2v) is 16.7. The standard InChI is InChI=1S/C35H46O7Si/c1-25(21-22-28(37)24-36)39-34-32(41-33(38)27-15-9-6-10-16-27)23-31(26(2)40-34)42-43(35(3,4)5,29-17-11-7-12-18-29)30-19-13-8-14-20-30/h6-20,25-26,28,31-32,34,36-37H,21-24H2,1-5H3/t25?,26-,28?,31+,32+,34+/m0/s1. The van der Waals surface area contributed by atoms with E-state index in [9.17, 15) is 15.0 Å². The van der Waals surface area contributed by atoms with Crippen LogP contribution in [0.15, 0.2) is 91.0 Å². The Bertz CT molecular complexity index is 1230. The first kappa shape index (κ1) is 33.0. The van der Waals surface area contributed by atoms with Gasteiger partial charge in [-0.2, -0.15) is 0 Å². The van der Waals surface area contributed by atoms with Gasteiger partial charge in [0.2, 0.25) is 0 Å². The molecule has 1 fully saturated rings. The average Bonchev–Trinajstić information content (AvgIpc) is 3.01. The Hall–Kier alpha value is -2.85. The summed E-state index contributed by atoms with van der Waals surface area (Å²) < 4.78 is 26.2. The minimum atomic E-state index is -2.91. The van der Waals surface area contributed by atoms with E-state index in [1.807, 2.05) is 32.0 Å². The molecular formula is C35H46O7Si. The van der Waals surface area contributed by atoms with E-state index < -0.39 is 32.8 Å². The van der Waals surface area contributed by atoms with Gasteiger partial charge in [-0.1, -0.05) is 99.6 Å². The molecule has 0 bridgehead atoms. The largest absolute Gasteiger partial charge is 0.453 e. The number of rotatable bonds is 12. The number of aliphatic hydroxyl groups is 2. The van der Waals surface area contributed by atoms with Crippen LogP contribution in [-0.2, 0) is 18.6 Å². The molecule has 2 N–H and O–H groups in total. The van der Waals surface area contributed by atoms with Crippen LogP contribution in [0.2, 0.25) is 5.04 Å². The molecule has 0 amide bonds. The van der Waals surface area contributed by atoms with Crippen LogP contribution in [0.5, 0.6) is 0 Å². The predicted molar refractivity (Wildman–Crippen MR) is 170 cm³/mol. The molecule has 1 aliphatic heterocycles. The second-order valence-electron chi connectivity index (χ2n) is 12.4. The third-order valence-corrected chi connectivity index (χ3v) is 13.2. The fourth-order valence-corrected chi connectivity index (χ4v) is 10.6. The Kier molecular flexibility index (Phi) is 11.3. The van der Waals surface area contributed by atoms with E-state index in [0.29, 0.717) is 24.8 Å². The molecule has 0 saturated carbocycles. The summed E-state index contributed by atoms with van der Waals surface area (Å²) in [5.41, 5.74) is 0.448. The number of aliphatic hydroxyl groups excluding tert-OH is 2. The van der Waals surface area contributed by atoms with E-state index >= 15 is 0 Å². The van der Waals surface area contributed by atoms with Gasteiger partial charge in [-0.15, -0.1) is 0 Å². The van der Waals surface area contributed by atoms with E-state index in [2.05, 4.69) is 69.3 Å². The van der Waals surface area contributed by atoms with Crippen LogP contribution in [0.1, 0.15) is 64.2 Å². The number of ether oxygens (including phenoxy) is 3. The predicted octanol–water partition coefficient (Wildman–Crippen LogP) is 4.83. The third kappa shape index (κ3) is 8.00. The Morgan fingerprint density at radius 3 is 1.95 bits per heavy atom. The van der Waals surface area contributed by atoms with Gasteiger partial charge in [0.05, 0.1) is 36.6 Å². The average molecular weight is 607 g/mol. The highest BCUT2D eigenvalue weighted by Crippen LogP contribution is 2.40. The number of carbonyl (C=O) groups excluding carboxylic acids is 1. The van der Waals surface area contributed by atoms with Gasteiger partial charge in [0.25, 0.3) is 8.32 Å². The highest BCUT2D eigenvalue weighted by atomic mass is 28.4. The van der Waals surface area contributed by atoms with Gasteiger partial charge < -0.3 is 28.8 Å². The maximum atomic E-state index is 13.2. The number of esters is 1. The molecule has 7 nitrogen and oxygen atoms in total. The lowest BCUT2D eigenvalue weighted by Gasteiger charge is -2.48. The molecule has 6 atom stereocenters. The Balaban J connectivity index is 1.66. The third-order valence-electron chi connectivity index (χ3n) is 8.14. The zero-order valence-corrected chi connectivity index (χ0v) is 26.9. The lowest BCUT2D eigenvalue weighted by molar-refractivity contribution is -0.271. The molecule has 0 aliphatic carbocycles. The van der Waals surface area contributed by atoms with Crippen molar-refractivity contribution in [3.8, 4) is 0 Å². The fraction of sp³-hybridized carbons (Fsp3) is 0.457. The second kappa shape index (κ2) is 14.7. The molecule has 232 valence electrons. The van der Waals surface area contributed by atoms with Crippen LogP contribution >= 0.6 is 0 Å². The van der Waals surface area contributed by atoms with Crippen molar-refractivity contribution in [3.63, 3.8) is 0 Å². The Morgan fingerprint density at radius 2 is 1.44 bits per heavy atom. The summed E-state index contributed by atoms with van der Waals surface area (Å²) in [7, 11) is -2.91. The first-order valence-electron chi connectivity index (χ1n) is 15.2. The number of hydrogen-bond acceptors (Lipinski definition) is 7. The molecule has 43 heavy (non-hydrogen) atoms. The fourth-order valence-electron chi connectivity index (χ4n) is 5.80. The van der Waals surface area contributed by atoms with Gasteiger partial charge >= 0.3 is 5.97 Å². The molecule has 1 saturated heterocycles. The highest BCUT2D eigenvalue weighted by Gasteiger charge is 2.53. The van der Waals surface area contributed by atoms with Crippen molar-refractivity contribution in [3.05, 3.63) is 96.6 Å².